The zero-order valence-electron chi connectivity index (χ0n) is 15.0. The molecular formula is C20H20N4O2. The smallest absolute Gasteiger partial charge is 0.294 e. The second kappa shape index (κ2) is 7.31. The van der Waals surface area contributed by atoms with Gasteiger partial charge in [-0.05, 0) is 38.1 Å². The Kier molecular flexibility index (Phi) is 4.93. The molecule has 1 aromatic heterocycles. The third-order valence-corrected chi connectivity index (χ3v) is 4.12. The molecule has 6 heteroatoms. The molecule has 0 aliphatic heterocycles. The van der Waals surface area contributed by atoms with Crippen LogP contribution in [0.1, 0.15) is 35.0 Å². The molecule has 0 bridgehead atoms. The number of aromatic nitrogens is 2. The van der Waals surface area contributed by atoms with Crippen LogP contribution in [0.25, 0.3) is 5.69 Å². The first-order valence-corrected chi connectivity index (χ1v) is 8.44. The fourth-order valence-electron chi connectivity index (χ4n) is 2.62. The molecule has 2 aromatic carbocycles. The van der Waals surface area contributed by atoms with Crippen molar-refractivity contribution in [2.75, 3.05) is 0 Å². The van der Waals surface area contributed by atoms with Crippen molar-refractivity contribution in [2.45, 2.75) is 27.2 Å². The van der Waals surface area contributed by atoms with Crippen molar-refractivity contribution in [3.8, 4) is 5.69 Å². The lowest BCUT2D eigenvalue weighted by Gasteiger charge is -2.01. The topological polar surface area (TPSA) is 79.6 Å². The molecule has 132 valence electrons. The number of hydrogen-bond acceptors (Lipinski definition) is 4. The second-order valence-corrected chi connectivity index (χ2v) is 6.06. The molecule has 0 atom stereocenters. The summed E-state index contributed by atoms with van der Waals surface area (Å²) >= 11 is 0. The number of nitrogens with one attached hydrogen (secondary N) is 1. The zero-order valence-corrected chi connectivity index (χ0v) is 15.0. The molecule has 0 amide bonds. The second-order valence-electron chi connectivity index (χ2n) is 6.06. The number of azo groups is 1. The van der Waals surface area contributed by atoms with E-state index in [4.69, 9.17) is 0 Å². The largest absolute Gasteiger partial charge is 0.299 e. The standard InChI is InChI=1S/C20H20N4O2/c1-4-18(25)16-7-5-6-8-17(16)21-22-19-14(3)23-24(20(19)26)15-11-9-13(2)10-12-15/h5-12,23H,4H2,1-3H3. The van der Waals surface area contributed by atoms with E-state index in [1.807, 2.05) is 31.2 Å². The summed E-state index contributed by atoms with van der Waals surface area (Å²) in [7, 11) is 0. The summed E-state index contributed by atoms with van der Waals surface area (Å²) in [5.41, 5.74) is 3.36. The number of Topliss-reactive ketones (excluding diaryl/α,β-unsaturated/α-hetero) is 1. The summed E-state index contributed by atoms with van der Waals surface area (Å²) in [5, 5.41) is 11.3. The lowest BCUT2D eigenvalue weighted by atomic mass is 10.1. The Morgan fingerprint density at radius 2 is 1.73 bits per heavy atom. The Morgan fingerprint density at radius 1 is 1.04 bits per heavy atom. The summed E-state index contributed by atoms with van der Waals surface area (Å²) in [5.74, 6) is -0.0117. The van der Waals surface area contributed by atoms with Crippen molar-refractivity contribution in [1.82, 2.24) is 9.78 Å². The quantitative estimate of drug-likeness (QED) is 0.531. The van der Waals surface area contributed by atoms with Crippen LogP contribution in [0, 0.1) is 13.8 Å². The third-order valence-electron chi connectivity index (χ3n) is 4.12. The average Bonchev–Trinajstić information content (AvgIpc) is 2.94. The zero-order chi connectivity index (χ0) is 18.7. The molecule has 0 unspecified atom stereocenters. The van der Waals surface area contributed by atoms with Gasteiger partial charge in [0.2, 0.25) is 0 Å². The van der Waals surface area contributed by atoms with E-state index >= 15 is 0 Å². The minimum absolute atomic E-state index is 0.0117. The molecule has 1 heterocycles. The first-order valence-electron chi connectivity index (χ1n) is 8.44. The highest BCUT2D eigenvalue weighted by Gasteiger charge is 2.13. The predicted molar refractivity (Wildman–Crippen MR) is 101 cm³/mol. The molecule has 3 aromatic rings. The van der Waals surface area contributed by atoms with Gasteiger partial charge in [-0.2, -0.15) is 0 Å². The lowest BCUT2D eigenvalue weighted by molar-refractivity contribution is 0.0989. The minimum Gasteiger partial charge on any atom is -0.294 e. The van der Waals surface area contributed by atoms with Crippen molar-refractivity contribution >= 4 is 17.2 Å². The number of aromatic amines is 1. The van der Waals surface area contributed by atoms with Crippen LogP contribution in [0.4, 0.5) is 11.4 Å². The van der Waals surface area contributed by atoms with Gasteiger partial charge in [-0.15, -0.1) is 10.2 Å². The fraction of sp³-hybridized carbons (Fsp3) is 0.200. The molecular weight excluding hydrogens is 328 g/mol. The maximum absolute atomic E-state index is 12.7. The maximum Gasteiger partial charge on any atom is 0.299 e. The van der Waals surface area contributed by atoms with Crippen LogP contribution in [0.5, 0.6) is 0 Å². The van der Waals surface area contributed by atoms with Crippen molar-refractivity contribution < 1.29 is 4.79 Å². The number of carbonyl (C=O) groups excluding carboxylic acids is 1. The number of carbonyl (C=O) groups is 1. The van der Waals surface area contributed by atoms with Gasteiger partial charge in [0.05, 0.1) is 17.1 Å². The molecule has 0 aliphatic rings. The Bertz CT molecular complexity index is 1030. The Balaban J connectivity index is 2.00. The van der Waals surface area contributed by atoms with Crippen molar-refractivity contribution in [2.24, 2.45) is 10.2 Å². The summed E-state index contributed by atoms with van der Waals surface area (Å²) < 4.78 is 1.44. The maximum atomic E-state index is 12.7. The van der Waals surface area contributed by atoms with E-state index in [9.17, 15) is 9.59 Å². The van der Waals surface area contributed by atoms with Crippen LogP contribution in [0.2, 0.25) is 0 Å². The molecule has 0 fully saturated rings. The van der Waals surface area contributed by atoms with Gasteiger partial charge < -0.3 is 0 Å². The molecule has 3 rings (SSSR count). The van der Waals surface area contributed by atoms with Crippen molar-refractivity contribution in [3.05, 3.63) is 75.7 Å². The third kappa shape index (κ3) is 3.39. The van der Waals surface area contributed by atoms with E-state index in [1.54, 1.807) is 38.1 Å². The van der Waals surface area contributed by atoms with Crippen LogP contribution >= 0.6 is 0 Å². The summed E-state index contributed by atoms with van der Waals surface area (Å²) in [6.07, 6.45) is 0.385. The Hall–Kier alpha value is -3.28. The number of ketones is 1. The molecule has 6 nitrogen and oxygen atoms in total. The SMILES string of the molecule is CCC(=O)c1ccccc1N=Nc1c(C)[nH]n(-c2ccc(C)cc2)c1=O. The van der Waals surface area contributed by atoms with Crippen molar-refractivity contribution in [1.29, 1.82) is 0 Å². The molecule has 26 heavy (non-hydrogen) atoms. The lowest BCUT2D eigenvalue weighted by Crippen LogP contribution is -2.13. The van der Waals surface area contributed by atoms with Crippen LogP contribution in [0.3, 0.4) is 0 Å². The first kappa shape index (κ1) is 17.5. The van der Waals surface area contributed by atoms with Crippen LogP contribution in [0.15, 0.2) is 63.6 Å². The fourth-order valence-corrected chi connectivity index (χ4v) is 2.62. The van der Waals surface area contributed by atoms with Gasteiger partial charge in [-0.1, -0.05) is 36.8 Å². The normalized spacial score (nSPS) is 11.2. The van der Waals surface area contributed by atoms with Gasteiger partial charge in [0.15, 0.2) is 11.5 Å². The number of rotatable bonds is 5. The Morgan fingerprint density at radius 3 is 2.42 bits per heavy atom. The Labute approximate surface area is 151 Å². The van der Waals surface area contributed by atoms with Gasteiger partial charge in [0.1, 0.15) is 0 Å². The molecule has 0 saturated heterocycles. The highest BCUT2D eigenvalue weighted by Crippen LogP contribution is 2.23. The average molecular weight is 348 g/mol. The predicted octanol–water partition coefficient (Wildman–Crippen LogP) is 4.79. The van der Waals surface area contributed by atoms with E-state index < -0.39 is 0 Å². The van der Waals surface area contributed by atoms with Gasteiger partial charge in [0.25, 0.3) is 5.56 Å². The highest BCUT2D eigenvalue weighted by atomic mass is 16.1. The van der Waals surface area contributed by atoms with Crippen LogP contribution in [-0.2, 0) is 0 Å². The molecule has 0 aliphatic carbocycles. The van der Waals surface area contributed by atoms with Gasteiger partial charge >= 0.3 is 0 Å². The van der Waals surface area contributed by atoms with Gasteiger partial charge in [-0.25, -0.2) is 4.68 Å². The van der Waals surface area contributed by atoms with E-state index in [2.05, 4.69) is 15.3 Å². The van der Waals surface area contributed by atoms with E-state index in [0.29, 0.717) is 23.4 Å². The summed E-state index contributed by atoms with van der Waals surface area (Å²) in [6, 6.07) is 14.6. The van der Waals surface area contributed by atoms with Gasteiger partial charge in [-0.3, -0.25) is 14.7 Å². The summed E-state index contributed by atoms with van der Waals surface area (Å²) in [4.78, 5) is 24.7. The van der Waals surface area contributed by atoms with Crippen molar-refractivity contribution in [3.63, 3.8) is 0 Å². The van der Waals surface area contributed by atoms with E-state index in [-0.39, 0.29) is 17.0 Å². The van der Waals surface area contributed by atoms with E-state index in [1.165, 1.54) is 4.68 Å². The number of hydrogen-bond donors (Lipinski definition) is 1. The molecule has 0 saturated carbocycles. The number of H-pyrrole nitrogens is 1. The number of aryl methyl sites for hydroxylation is 2. The molecule has 1 N–H and O–H groups in total. The minimum atomic E-state index is -0.283. The molecule has 0 radical (unpaired) electrons. The van der Waals surface area contributed by atoms with Crippen LogP contribution < -0.4 is 5.56 Å². The number of nitrogens with zero attached hydrogens (tertiary/aromatic N) is 3. The van der Waals surface area contributed by atoms with Gasteiger partial charge in [0, 0.05) is 12.0 Å². The number of benzene rings is 2. The van der Waals surface area contributed by atoms with E-state index in [0.717, 1.165) is 11.3 Å². The van der Waals surface area contributed by atoms with Crippen LogP contribution in [-0.4, -0.2) is 15.6 Å². The molecule has 0 spiro atoms. The monoisotopic (exact) mass is 348 g/mol. The summed E-state index contributed by atoms with van der Waals surface area (Å²) in [6.45, 7) is 5.55. The first-order chi connectivity index (χ1) is 12.5. The highest BCUT2D eigenvalue weighted by molar-refractivity contribution is 6.00.